The van der Waals surface area contributed by atoms with E-state index in [0.717, 1.165) is 5.56 Å². The summed E-state index contributed by atoms with van der Waals surface area (Å²) < 4.78 is 14.1. The maximum Gasteiger partial charge on any atom is 0.137 e. The van der Waals surface area contributed by atoms with Gasteiger partial charge in [0.15, 0.2) is 0 Å². The van der Waals surface area contributed by atoms with Crippen LogP contribution in [-0.2, 0) is 6.54 Å². The molecule has 1 unspecified atom stereocenters. The van der Waals surface area contributed by atoms with Crippen molar-refractivity contribution in [2.75, 3.05) is 0 Å². The highest BCUT2D eigenvalue weighted by atomic mass is 79.9. The SMILES string of the molecule is CC(C)(C)C(NCc1ccc(Br)c(F)c1)c1ccccc1. The largest absolute Gasteiger partial charge is 0.305 e. The molecule has 0 saturated heterocycles. The van der Waals surface area contributed by atoms with Gasteiger partial charge in [-0.3, -0.25) is 0 Å². The van der Waals surface area contributed by atoms with E-state index < -0.39 is 0 Å². The third-order valence-corrected chi connectivity index (χ3v) is 4.14. The van der Waals surface area contributed by atoms with E-state index in [-0.39, 0.29) is 17.3 Å². The molecule has 1 atom stereocenters. The van der Waals surface area contributed by atoms with E-state index in [0.29, 0.717) is 11.0 Å². The van der Waals surface area contributed by atoms with Gasteiger partial charge in [-0.1, -0.05) is 57.2 Å². The van der Waals surface area contributed by atoms with Crippen LogP contribution in [0.1, 0.15) is 37.9 Å². The lowest BCUT2D eigenvalue weighted by atomic mass is 9.82. The average Bonchev–Trinajstić information content (AvgIpc) is 2.43. The van der Waals surface area contributed by atoms with E-state index in [1.807, 2.05) is 12.1 Å². The van der Waals surface area contributed by atoms with Crippen LogP contribution in [0.2, 0.25) is 0 Å². The number of hydrogen-bond donors (Lipinski definition) is 1. The van der Waals surface area contributed by atoms with E-state index in [1.165, 1.54) is 5.56 Å². The molecule has 3 heteroatoms. The molecular formula is C18H21BrFN. The van der Waals surface area contributed by atoms with E-state index in [2.05, 4.69) is 66.3 Å². The normalized spacial score (nSPS) is 13.2. The smallest absolute Gasteiger partial charge is 0.137 e. The monoisotopic (exact) mass is 349 g/mol. The first-order chi connectivity index (χ1) is 9.88. The maximum absolute atomic E-state index is 13.6. The molecule has 2 rings (SSSR count). The first-order valence-corrected chi connectivity index (χ1v) is 7.89. The first kappa shape index (κ1) is 16.2. The van der Waals surface area contributed by atoms with Gasteiger partial charge >= 0.3 is 0 Å². The minimum absolute atomic E-state index is 0.0786. The topological polar surface area (TPSA) is 12.0 Å². The summed E-state index contributed by atoms with van der Waals surface area (Å²) in [6.07, 6.45) is 0. The summed E-state index contributed by atoms with van der Waals surface area (Å²) in [6.45, 7) is 7.26. The quantitative estimate of drug-likeness (QED) is 0.772. The van der Waals surface area contributed by atoms with Crippen LogP contribution in [0.4, 0.5) is 4.39 Å². The van der Waals surface area contributed by atoms with Gasteiger partial charge in [0.1, 0.15) is 5.82 Å². The molecule has 2 aromatic carbocycles. The van der Waals surface area contributed by atoms with Gasteiger partial charge in [0, 0.05) is 12.6 Å². The molecule has 0 aliphatic carbocycles. The second-order valence-corrected chi connectivity index (χ2v) is 7.19. The summed E-state index contributed by atoms with van der Waals surface area (Å²) in [5.74, 6) is -0.221. The second kappa shape index (κ2) is 6.71. The Labute approximate surface area is 134 Å². The number of halogens is 2. The van der Waals surface area contributed by atoms with Crippen molar-refractivity contribution in [1.82, 2.24) is 5.32 Å². The summed E-state index contributed by atoms with van der Waals surface area (Å²) in [4.78, 5) is 0. The van der Waals surface area contributed by atoms with Crippen molar-refractivity contribution in [1.29, 1.82) is 0 Å². The Morgan fingerprint density at radius 2 is 1.76 bits per heavy atom. The summed E-state index contributed by atoms with van der Waals surface area (Å²) in [5, 5.41) is 3.56. The van der Waals surface area contributed by atoms with Crippen molar-refractivity contribution in [3.8, 4) is 0 Å². The molecule has 0 bridgehead atoms. The number of nitrogens with one attached hydrogen (secondary N) is 1. The highest BCUT2D eigenvalue weighted by Crippen LogP contribution is 2.33. The van der Waals surface area contributed by atoms with Crippen LogP contribution < -0.4 is 5.32 Å². The van der Waals surface area contributed by atoms with Crippen LogP contribution >= 0.6 is 15.9 Å². The van der Waals surface area contributed by atoms with Crippen molar-refractivity contribution in [2.24, 2.45) is 5.41 Å². The Kier molecular flexibility index (Phi) is 5.17. The molecule has 1 nitrogen and oxygen atoms in total. The van der Waals surface area contributed by atoms with Crippen molar-refractivity contribution in [3.05, 3.63) is 69.9 Å². The standard InChI is InChI=1S/C18H21BrFN/c1-18(2,3)17(14-7-5-4-6-8-14)21-12-13-9-10-15(19)16(20)11-13/h4-11,17,21H,12H2,1-3H3. The fraction of sp³-hybridized carbons (Fsp3) is 0.333. The summed E-state index contributed by atoms with van der Waals surface area (Å²) in [6, 6.07) is 15.9. The molecule has 0 amide bonds. The van der Waals surface area contributed by atoms with Gasteiger partial charge in [-0.25, -0.2) is 4.39 Å². The van der Waals surface area contributed by atoms with E-state index in [1.54, 1.807) is 12.1 Å². The van der Waals surface area contributed by atoms with Crippen LogP contribution in [0.3, 0.4) is 0 Å². The lowest BCUT2D eigenvalue weighted by Crippen LogP contribution is -2.32. The molecule has 112 valence electrons. The molecule has 0 spiro atoms. The maximum atomic E-state index is 13.6. The molecule has 0 heterocycles. The minimum Gasteiger partial charge on any atom is -0.305 e. The number of hydrogen-bond acceptors (Lipinski definition) is 1. The predicted molar refractivity (Wildman–Crippen MR) is 89.6 cm³/mol. The average molecular weight is 350 g/mol. The van der Waals surface area contributed by atoms with Crippen LogP contribution in [-0.4, -0.2) is 0 Å². The minimum atomic E-state index is -0.221. The first-order valence-electron chi connectivity index (χ1n) is 7.10. The van der Waals surface area contributed by atoms with E-state index in [9.17, 15) is 4.39 Å². The summed E-state index contributed by atoms with van der Waals surface area (Å²) in [5.41, 5.74) is 2.28. The number of rotatable bonds is 4. The van der Waals surface area contributed by atoms with Gasteiger partial charge in [0.2, 0.25) is 0 Å². The summed E-state index contributed by atoms with van der Waals surface area (Å²) in [7, 11) is 0. The fourth-order valence-electron chi connectivity index (χ4n) is 2.44. The Morgan fingerprint density at radius 1 is 1.10 bits per heavy atom. The lowest BCUT2D eigenvalue weighted by Gasteiger charge is -2.32. The number of benzene rings is 2. The highest BCUT2D eigenvalue weighted by molar-refractivity contribution is 9.10. The fourth-order valence-corrected chi connectivity index (χ4v) is 2.69. The van der Waals surface area contributed by atoms with Crippen LogP contribution in [0.15, 0.2) is 53.0 Å². The zero-order valence-electron chi connectivity index (χ0n) is 12.7. The van der Waals surface area contributed by atoms with Gasteiger partial charge in [-0.15, -0.1) is 0 Å². The van der Waals surface area contributed by atoms with Crippen LogP contribution in [0.25, 0.3) is 0 Å². The van der Waals surface area contributed by atoms with Crippen molar-refractivity contribution in [3.63, 3.8) is 0 Å². The molecular weight excluding hydrogens is 329 g/mol. The molecule has 0 saturated carbocycles. The molecule has 0 aromatic heterocycles. The van der Waals surface area contributed by atoms with Crippen LogP contribution in [0.5, 0.6) is 0 Å². The van der Waals surface area contributed by atoms with E-state index >= 15 is 0 Å². The zero-order valence-corrected chi connectivity index (χ0v) is 14.2. The van der Waals surface area contributed by atoms with Gasteiger partial charge in [-0.05, 0) is 44.6 Å². The van der Waals surface area contributed by atoms with Crippen molar-refractivity contribution < 1.29 is 4.39 Å². The van der Waals surface area contributed by atoms with Crippen molar-refractivity contribution in [2.45, 2.75) is 33.4 Å². The Morgan fingerprint density at radius 3 is 2.33 bits per heavy atom. The molecule has 1 N–H and O–H groups in total. The zero-order chi connectivity index (χ0) is 15.5. The van der Waals surface area contributed by atoms with Gasteiger partial charge in [0.05, 0.1) is 4.47 Å². The highest BCUT2D eigenvalue weighted by Gasteiger charge is 2.25. The second-order valence-electron chi connectivity index (χ2n) is 6.34. The lowest BCUT2D eigenvalue weighted by molar-refractivity contribution is 0.271. The van der Waals surface area contributed by atoms with Crippen LogP contribution in [0, 0.1) is 11.2 Å². The third-order valence-electron chi connectivity index (χ3n) is 3.49. The summed E-state index contributed by atoms with van der Waals surface area (Å²) >= 11 is 3.18. The van der Waals surface area contributed by atoms with Gasteiger partial charge in [-0.2, -0.15) is 0 Å². The Balaban J connectivity index is 2.15. The Bertz CT molecular complexity index is 590. The molecule has 0 aliphatic rings. The van der Waals surface area contributed by atoms with Crippen molar-refractivity contribution >= 4 is 15.9 Å². The predicted octanol–water partition coefficient (Wildman–Crippen LogP) is 5.47. The molecule has 0 aliphatic heterocycles. The Hall–Kier alpha value is -1.19. The third kappa shape index (κ3) is 4.39. The molecule has 0 radical (unpaired) electrons. The van der Waals surface area contributed by atoms with Gasteiger partial charge < -0.3 is 5.32 Å². The molecule has 2 aromatic rings. The van der Waals surface area contributed by atoms with E-state index in [4.69, 9.17) is 0 Å². The molecule has 0 fully saturated rings. The van der Waals surface area contributed by atoms with Gasteiger partial charge in [0.25, 0.3) is 0 Å². The molecule has 21 heavy (non-hydrogen) atoms.